The summed E-state index contributed by atoms with van der Waals surface area (Å²) in [6.45, 7) is 0.0941. The average Bonchev–Trinajstić information content (AvgIpc) is 3.01. The second kappa shape index (κ2) is 8.15. The summed E-state index contributed by atoms with van der Waals surface area (Å²) in [4.78, 5) is 11.2. The van der Waals surface area contributed by atoms with E-state index in [2.05, 4.69) is 14.8 Å². The molecule has 1 aromatic heterocycles. The molecule has 0 radical (unpaired) electrons. The summed E-state index contributed by atoms with van der Waals surface area (Å²) < 4.78 is 33.2. The second-order valence-corrected chi connectivity index (χ2v) is 7.15. The first-order chi connectivity index (χ1) is 11.8. The van der Waals surface area contributed by atoms with Crippen LogP contribution in [0.15, 0.2) is 47.5 Å². The van der Waals surface area contributed by atoms with Crippen LogP contribution >= 0.6 is 0 Å². The molecule has 1 heterocycles. The number of aliphatic hydroxyl groups excluding tert-OH is 1. The quantitative estimate of drug-likeness (QED) is 0.689. The minimum atomic E-state index is -3.70. The molecule has 2 aromatic rings. The highest BCUT2D eigenvalue weighted by atomic mass is 32.2. The zero-order valence-electron chi connectivity index (χ0n) is 14.0. The van der Waals surface area contributed by atoms with Gasteiger partial charge < -0.3 is 14.4 Å². The molecule has 0 saturated carbocycles. The van der Waals surface area contributed by atoms with Gasteiger partial charge in [-0.2, -0.15) is 0 Å². The van der Waals surface area contributed by atoms with Crippen LogP contribution in [0.5, 0.6) is 0 Å². The SMILES string of the molecule is COC(=O)Nc1ccc(S(=O)(=O)NCC[C@H](O)c2cccn2C)cc1. The van der Waals surface area contributed by atoms with Crippen LogP contribution < -0.4 is 10.0 Å². The summed E-state index contributed by atoms with van der Waals surface area (Å²) in [5.41, 5.74) is 1.14. The molecule has 136 valence electrons. The first kappa shape index (κ1) is 19.0. The predicted octanol–water partition coefficient (Wildman–Crippen LogP) is 1.61. The number of methoxy groups -OCH3 is 1. The number of nitrogens with zero attached hydrogens (tertiary/aromatic N) is 1. The molecule has 1 atom stereocenters. The molecule has 0 aliphatic carbocycles. The molecule has 1 amide bonds. The van der Waals surface area contributed by atoms with Gasteiger partial charge in [-0.1, -0.05) is 0 Å². The Balaban J connectivity index is 1.92. The van der Waals surface area contributed by atoms with E-state index < -0.39 is 22.2 Å². The molecule has 0 fully saturated rings. The van der Waals surface area contributed by atoms with Gasteiger partial charge in [0.25, 0.3) is 0 Å². The Morgan fingerprint density at radius 1 is 1.28 bits per heavy atom. The number of nitrogens with one attached hydrogen (secondary N) is 2. The molecule has 0 aliphatic rings. The minimum absolute atomic E-state index is 0.0660. The van der Waals surface area contributed by atoms with Crippen LogP contribution in [0.1, 0.15) is 18.2 Å². The van der Waals surface area contributed by atoms with Gasteiger partial charge in [0.05, 0.1) is 18.1 Å². The van der Waals surface area contributed by atoms with Crippen LogP contribution in [0.3, 0.4) is 0 Å². The van der Waals surface area contributed by atoms with Crippen LogP contribution in [-0.2, 0) is 21.8 Å². The fourth-order valence-electron chi connectivity index (χ4n) is 2.27. The zero-order valence-corrected chi connectivity index (χ0v) is 14.8. The monoisotopic (exact) mass is 367 g/mol. The lowest BCUT2D eigenvalue weighted by Crippen LogP contribution is -2.26. The highest BCUT2D eigenvalue weighted by Crippen LogP contribution is 2.17. The summed E-state index contributed by atoms with van der Waals surface area (Å²) >= 11 is 0. The van der Waals surface area contributed by atoms with E-state index in [9.17, 15) is 18.3 Å². The molecule has 0 unspecified atom stereocenters. The highest BCUT2D eigenvalue weighted by molar-refractivity contribution is 7.89. The average molecular weight is 367 g/mol. The number of hydrogen-bond donors (Lipinski definition) is 3. The maximum atomic E-state index is 12.2. The number of carbonyl (C=O) groups is 1. The summed E-state index contributed by atoms with van der Waals surface area (Å²) in [6, 6.07) is 9.27. The molecule has 2 rings (SSSR count). The number of anilines is 1. The maximum Gasteiger partial charge on any atom is 0.411 e. The van der Waals surface area contributed by atoms with Gasteiger partial charge in [0, 0.05) is 31.2 Å². The Kier molecular flexibility index (Phi) is 6.18. The summed E-state index contributed by atoms with van der Waals surface area (Å²) in [5, 5.41) is 12.5. The number of hydrogen-bond acceptors (Lipinski definition) is 5. The van der Waals surface area contributed by atoms with Crippen molar-refractivity contribution >= 4 is 21.8 Å². The van der Waals surface area contributed by atoms with E-state index in [1.54, 1.807) is 10.6 Å². The second-order valence-electron chi connectivity index (χ2n) is 5.39. The Bertz CT molecular complexity index is 815. The third-order valence-electron chi connectivity index (χ3n) is 3.63. The molecule has 1 aromatic carbocycles. The highest BCUT2D eigenvalue weighted by Gasteiger charge is 2.16. The third-order valence-corrected chi connectivity index (χ3v) is 5.11. The first-order valence-electron chi connectivity index (χ1n) is 7.57. The van der Waals surface area contributed by atoms with E-state index in [1.807, 2.05) is 19.3 Å². The summed E-state index contributed by atoms with van der Waals surface area (Å²) in [5.74, 6) is 0. The van der Waals surface area contributed by atoms with Crippen molar-refractivity contribution in [2.45, 2.75) is 17.4 Å². The fourth-order valence-corrected chi connectivity index (χ4v) is 3.32. The molecule has 0 bridgehead atoms. The lowest BCUT2D eigenvalue weighted by molar-refractivity contribution is 0.161. The van der Waals surface area contributed by atoms with E-state index in [-0.39, 0.29) is 17.9 Å². The van der Waals surface area contributed by atoms with Crippen molar-refractivity contribution < 1.29 is 23.1 Å². The Hall–Kier alpha value is -2.36. The van der Waals surface area contributed by atoms with E-state index in [4.69, 9.17) is 0 Å². The fraction of sp³-hybridized carbons (Fsp3) is 0.312. The van der Waals surface area contributed by atoms with Gasteiger partial charge in [-0.15, -0.1) is 0 Å². The lowest BCUT2D eigenvalue weighted by Gasteiger charge is -2.13. The van der Waals surface area contributed by atoms with Crippen molar-refractivity contribution in [3.05, 3.63) is 48.3 Å². The van der Waals surface area contributed by atoms with E-state index >= 15 is 0 Å². The number of aromatic nitrogens is 1. The number of carbonyl (C=O) groups excluding carboxylic acids is 1. The van der Waals surface area contributed by atoms with E-state index in [1.165, 1.54) is 31.4 Å². The smallest absolute Gasteiger partial charge is 0.411 e. The van der Waals surface area contributed by atoms with Crippen molar-refractivity contribution in [2.24, 2.45) is 7.05 Å². The van der Waals surface area contributed by atoms with Crippen LogP contribution in [0.2, 0.25) is 0 Å². The number of amides is 1. The molecule has 0 saturated heterocycles. The number of rotatable bonds is 7. The van der Waals surface area contributed by atoms with Gasteiger partial charge >= 0.3 is 6.09 Å². The molecule has 25 heavy (non-hydrogen) atoms. The van der Waals surface area contributed by atoms with Crippen molar-refractivity contribution in [2.75, 3.05) is 19.0 Å². The van der Waals surface area contributed by atoms with Crippen molar-refractivity contribution in [3.8, 4) is 0 Å². The molecule has 8 nitrogen and oxygen atoms in total. The minimum Gasteiger partial charge on any atom is -0.453 e. The van der Waals surface area contributed by atoms with Gasteiger partial charge in [-0.3, -0.25) is 5.32 Å². The Labute approximate surface area is 146 Å². The number of sulfonamides is 1. The van der Waals surface area contributed by atoms with Gasteiger partial charge in [0.1, 0.15) is 0 Å². The van der Waals surface area contributed by atoms with Gasteiger partial charge in [-0.25, -0.2) is 17.9 Å². The van der Waals surface area contributed by atoms with Crippen LogP contribution in [0.25, 0.3) is 0 Å². The van der Waals surface area contributed by atoms with E-state index in [0.29, 0.717) is 5.69 Å². The number of benzene rings is 1. The first-order valence-corrected chi connectivity index (χ1v) is 9.06. The number of aliphatic hydroxyl groups is 1. The molecular weight excluding hydrogens is 346 g/mol. The Morgan fingerprint density at radius 3 is 2.52 bits per heavy atom. The molecular formula is C16H21N3O5S. The molecule has 3 N–H and O–H groups in total. The third kappa shape index (κ3) is 5.05. The van der Waals surface area contributed by atoms with Crippen LogP contribution in [-0.4, -0.2) is 37.8 Å². The molecule has 0 spiro atoms. The summed E-state index contributed by atoms with van der Waals surface area (Å²) in [7, 11) is -0.647. The van der Waals surface area contributed by atoms with Crippen molar-refractivity contribution in [1.82, 2.24) is 9.29 Å². The van der Waals surface area contributed by atoms with Crippen LogP contribution in [0, 0.1) is 0 Å². The largest absolute Gasteiger partial charge is 0.453 e. The number of aryl methyl sites for hydroxylation is 1. The van der Waals surface area contributed by atoms with Crippen molar-refractivity contribution in [3.63, 3.8) is 0 Å². The zero-order chi connectivity index (χ0) is 18.4. The molecule has 9 heteroatoms. The van der Waals surface area contributed by atoms with Gasteiger partial charge in [0.2, 0.25) is 10.0 Å². The Morgan fingerprint density at radius 2 is 1.96 bits per heavy atom. The number of ether oxygens (including phenoxy) is 1. The van der Waals surface area contributed by atoms with Crippen molar-refractivity contribution in [1.29, 1.82) is 0 Å². The topological polar surface area (TPSA) is 110 Å². The maximum absolute atomic E-state index is 12.2. The predicted molar refractivity (Wildman–Crippen MR) is 92.6 cm³/mol. The van der Waals surface area contributed by atoms with Crippen LogP contribution in [0.4, 0.5) is 10.5 Å². The standard InChI is InChI=1S/C16H21N3O5S/c1-19-11-3-4-14(19)15(20)9-10-17-25(22,23)13-7-5-12(6-8-13)18-16(21)24-2/h3-8,11,15,17,20H,9-10H2,1-2H3,(H,18,21)/t15-/m0/s1. The van der Waals surface area contributed by atoms with Gasteiger partial charge in [-0.05, 0) is 42.8 Å². The molecule has 0 aliphatic heterocycles. The normalized spacial score (nSPS) is 12.6. The summed E-state index contributed by atoms with van der Waals surface area (Å²) in [6.07, 6.45) is 0.670. The van der Waals surface area contributed by atoms with E-state index in [0.717, 1.165) is 5.69 Å². The van der Waals surface area contributed by atoms with Gasteiger partial charge in [0.15, 0.2) is 0 Å². The lowest BCUT2D eigenvalue weighted by atomic mass is 10.2.